The molecule has 1 amide bonds. The Kier molecular flexibility index (Phi) is 7.26. The zero-order valence-electron chi connectivity index (χ0n) is 17.8. The van der Waals surface area contributed by atoms with Crippen molar-refractivity contribution in [1.82, 2.24) is 4.98 Å². The third kappa shape index (κ3) is 6.38. The number of aryl methyl sites for hydroxylation is 2. The second-order valence-corrected chi connectivity index (χ2v) is 10.3. The highest BCUT2D eigenvalue weighted by Gasteiger charge is 2.15. The van der Waals surface area contributed by atoms with Crippen molar-refractivity contribution in [2.75, 3.05) is 11.6 Å². The molecule has 3 aromatic rings. The van der Waals surface area contributed by atoms with E-state index in [1.165, 1.54) is 24.5 Å². The van der Waals surface area contributed by atoms with Crippen LogP contribution in [0.5, 0.6) is 0 Å². The molecule has 0 saturated carbocycles. The lowest BCUT2D eigenvalue weighted by Crippen LogP contribution is -2.22. The number of sulfone groups is 1. The summed E-state index contributed by atoms with van der Waals surface area (Å²) in [4.78, 5) is 21.3. The van der Waals surface area contributed by atoms with Crippen LogP contribution in [0.25, 0.3) is 10.4 Å². The quantitative estimate of drug-likeness (QED) is 0.341. The summed E-state index contributed by atoms with van der Waals surface area (Å²) in [6.45, 7) is 1.87. The molecule has 5 N–H and O–H groups in total. The molecule has 0 fully saturated rings. The van der Waals surface area contributed by atoms with E-state index in [1.807, 2.05) is 24.3 Å². The predicted octanol–water partition coefficient (Wildman–Crippen LogP) is 2.73. The highest BCUT2D eigenvalue weighted by Crippen LogP contribution is 2.34. The maximum Gasteiger partial charge on any atom is 0.223 e. The summed E-state index contributed by atoms with van der Waals surface area (Å²) >= 11 is 1.37. The number of aromatic nitrogens is 1. The Balaban J connectivity index is 1.81. The number of rotatable bonds is 8. The zero-order chi connectivity index (χ0) is 23.3. The van der Waals surface area contributed by atoms with E-state index in [2.05, 4.69) is 15.3 Å². The van der Waals surface area contributed by atoms with E-state index < -0.39 is 9.84 Å². The lowest BCUT2D eigenvalue weighted by Gasteiger charge is -2.05. The van der Waals surface area contributed by atoms with Crippen molar-refractivity contribution in [2.45, 2.75) is 31.2 Å². The third-order valence-electron chi connectivity index (χ3n) is 4.64. The summed E-state index contributed by atoms with van der Waals surface area (Å²) in [6.07, 6.45) is 2.59. The van der Waals surface area contributed by atoms with Crippen molar-refractivity contribution >= 4 is 38.2 Å². The molecular weight excluding hydrogens is 446 g/mol. The van der Waals surface area contributed by atoms with Crippen LogP contribution in [0.1, 0.15) is 23.7 Å². The van der Waals surface area contributed by atoms with Gasteiger partial charge in [-0.25, -0.2) is 18.4 Å². The van der Waals surface area contributed by atoms with E-state index in [0.29, 0.717) is 18.1 Å². The zero-order valence-corrected chi connectivity index (χ0v) is 19.5. The number of benzene rings is 2. The molecule has 1 aromatic heterocycles. The molecule has 0 unspecified atom stereocenters. The summed E-state index contributed by atoms with van der Waals surface area (Å²) in [5, 5.41) is 3.26. The number of nitrogens with two attached hydrogens (primary N) is 2. The maximum atomic E-state index is 11.8. The van der Waals surface area contributed by atoms with Crippen LogP contribution in [-0.4, -0.2) is 31.5 Å². The number of hydrogen-bond acceptors (Lipinski definition) is 6. The lowest BCUT2D eigenvalue weighted by atomic mass is 10.0. The van der Waals surface area contributed by atoms with Crippen LogP contribution in [-0.2, 0) is 34.0 Å². The molecule has 0 aliphatic carbocycles. The number of nitrogens with zero attached hydrogens (tertiary/aromatic N) is 2. The fourth-order valence-electron chi connectivity index (χ4n) is 3.06. The Hall–Kier alpha value is -3.24. The first kappa shape index (κ1) is 23.4. The molecule has 2 aromatic carbocycles. The summed E-state index contributed by atoms with van der Waals surface area (Å²) in [6, 6.07) is 14.7. The lowest BCUT2D eigenvalue weighted by molar-refractivity contribution is -0.114. The van der Waals surface area contributed by atoms with Crippen LogP contribution < -0.4 is 16.8 Å². The van der Waals surface area contributed by atoms with Crippen LogP contribution in [0, 0.1) is 0 Å². The Morgan fingerprint density at radius 3 is 2.22 bits per heavy atom. The van der Waals surface area contributed by atoms with E-state index >= 15 is 0 Å². The van der Waals surface area contributed by atoms with Gasteiger partial charge in [0, 0.05) is 13.2 Å². The van der Waals surface area contributed by atoms with E-state index in [-0.39, 0.29) is 16.8 Å². The molecule has 3 rings (SSSR count). The topological polar surface area (TPSA) is 141 Å². The molecule has 0 aliphatic rings. The SMILES string of the molecule is CC(=O)Nc1nc(CCc2ccc(CN=C(N)N)cc2)c(-c2ccc(S(C)(=O)=O)cc2)s1. The van der Waals surface area contributed by atoms with Gasteiger partial charge in [-0.1, -0.05) is 47.7 Å². The van der Waals surface area contributed by atoms with Gasteiger partial charge in [0.1, 0.15) is 0 Å². The molecule has 32 heavy (non-hydrogen) atoms. The van der Waals surface area contributed by atoms with Crippen molar-refractivity contribution in [3.63, 3.8) is 0 Å². The molecule has 10 heteroatoms. The maximum absolute atomic E-state index is 11.8. The van der Waals surface area contributed by atoms with Gasteiger partial charge in [0.15, 0.2) is 20.9 Å². The molecular formula is C22H25N5O3S2. The number of carbonyl (C=O) groups excluding carboxylic acids is 1. The minimum absolute atomic E-state index is 0.0599. The number of nitrogens with one attached hydrogen (secondary N) is 1. The second-order valence-electron chi connectivity index (χ2n) is 7.33. The third-order valence-corrected chi connectivity index (χ3v) is 6.83. The number of thiazole rings is 1. The van der Waals surface area contributed by atoms with Gasteiger partial charge in [0.05, 0.1) is 22.0 Å². The number of guanidine groups is 1. The van der Waals surface area contributed by atoms with Crippen molar-refractivity contribution in [1.29, 1.82) is 0 Å². The average molecular weight is 472 g/mol. The molecule has 0 saturated heterocycles. The van der Waals surface area contributed by atoms with Gasteiger partial charge >= 0.3 is 0 Å². The van der Waals surface area contributed by atoms with E-state index in [0.717, 1.165) is 33.7 Å². The van der Waals surface area contributed by atoms with Crippen molar-refractivity contribution in [3.8, 4) is 10.4 Å². The summed E-state index contributed by atoms with van der Waals surface area (Å²) in [7, 11) is -3.27. The Morgan fingerprint density at radius 1 is 1.03 bits per heavy atom. The van der Waals surface area contributed by atoms with Gasteiger partial charge in [-0.15, -0.1) is 0 Å². The smallest absolute Gasteiger partial charge is 0.223 e. The first-order chi connectivity index (χ1) is 15.1. The highest BCUT2D eigenvalue weighted by atomic mass is 32.2. The molecule has 0 aliphatic heterocycles. The van der Waals surface area contributed by atoms with E-state index in [9.17, 15) is 13.2 Å². The summed E-state index contributed by atoms with van der Waals surface area (Å²) in [5.74, 6) is -0.134. The van der Waals surface area contributed by atoms with Crippen molar-refractivity contribution < 1.29 is 13.2 Å². The van der Waals surface area contributed by atoms with Crippen molar-refractivity contribution in [2.24, 2.45) is 16.5 Å². The Labute approximate surface area is 191 Å². The molecule has 0 radical (unpaired) electrons. The van der Waals surface area contributed by atoms with Crippen LogP contribution in [0.3, 0.4) is 0 Å². The standard InChI is InChI=1S/C22H25N5O3S2/c1-14(28)26-22-27-19(12-7-15-3-5-16(6-4-15)13-25-21(23)24)20(31-22)17-8-10-18(11-9-17)32(2,29)30/h3-6,8-11H,7,12-13H2,1-2H3,(H4,23,24,25)(H,26,27,28). The predicted molar refractivity (Wildman–Crippen MR) is 128 cm³/mol. The van der Waals surface area contributed by atoms with E-state index in [1.54, 1.807) is 24.3 Å². The number of carbonyl (C=O) groups is 1. The number of anilines is 1. The number of amides is 1. The van der Waals surface area contributed by atoms with Gasteiger partial charge in [0.25, 0.3) is 0 Å². The minimum Gasteiger partial charge on any atom is -0.370 e. The number of aliphatic imine (C=N–C) groups is 1. The van der Waals surface area contributed by atoms with Crippen LogP contribution >= 0.6 is 11.3 Å². The van der Waals surface area contributed by atoms with Gasteiger partial charge in [0.2, 0.25) is 5.91 Å². The Morgan fingerprint density at radius 2 is 1.66 bits per heavy atom. The monoisotopic (exact) mass is 471 g/mol. The largest absolute Gasteiger partial charge is 0.370 e. The van der Waals surface area contributed by atoms with Gasteiger partial charge in [-0.2, -0.15) is 0 Å². The molecule has 8 nitrogen and oxygen atoms in total. The Bertz CT molecular complexity index is 1230. The second kappa shape index (κ2) is 9.92. The van der Waals surface area contributed by atoms with Gasteiger partial charge < -0.3 is 16.8 Å². The molecule has 1 heterocycles. The number of hydrogen-bond donors (Lipinski definition) is 3. The molecule has 0 atom stereocenters. The summed E-state index contributed by atoms with van der Waals surface area (Å²) in [5.41, 5.74) is 14.6. The fraction of sp³-hybridized carbons (Fsp3) is 0.227. The minimum atomic E-state index is -3.27. The molecule has 168 valence electrons. The molecule has 0 bridgehead atoms. The summed E-state index contributed by atoms with van der Waals surface area (Å²) < 4.78 is 23.5. The first-order valence-electron chi connectivity index (χ1n) is 9.83. The van der Waals surface area contributed by atoms with E-state index in [4.69, 9.17) is 11.5 Å². The van der Waals surface area contributed by atoms with Crippen LogP contribution in [0.2, 0.25) is 0 Å². The van der Waals surface area contributed by atoms with Gasteiger partial charge in [-0.3, -0.25) is 4.79 Å². The van der Waals surface area contributed by atoms with Crippen LogP contribution in [0.4, 0.5) is 5.13 Å². The molecule has 0 spiro atoms. The average Bonchev–Trinajstić information content (AvgIpc) is 3.12. The van der Waals surface area contributed by atoms with Crippen molar-refractivity contribution in [3.05, 3.63) is 65.4 Å². The first-order valence-corrected chi connectivity index (χ1v) is 12.5. The van der Waals surface area contributed by atoms with Gasteiger partial charge in [-0.05, 0) is 41.7 Å². The normalized spacial score (nSPS) is 11.2. The fourth-order valence-corrected chi connectivity index (χ4v) is 4.75. The van der Waals surface area contributed by atoms with Crippen LogP contribution in [0.15, 0.2) is 58.4 Å². The highest BCUT2D eigenvalue weighted by molar-refractivity contribution is 7.90.